The minimum atomic E-state index is 0.634. The molecule has 21 heavy (non-hydrogen) atoms. The highest BCUT2D eigenvalue weighted by atomic mass is 28.2. The molecule has 0 spiro atoms. The Bertz CT molecular complexity index is 159. The van der Waals surface area contributed by atoms with Gasteiger partial charge in [-0.15, -0.1) is 0 Å². The van der Waals surface area contributed by atoms with Crippen LogP contribution in [0.15, 0.2) is 0 Å². The molecule has 0 aliphatic heterocycles. The maximum absolute atomic E-state index is 5.42. The van der Waals surface area contributed by atoms with Gasteiger partial charge in [-0.3, -0.25) is 0 Å². The Hall–Kier alpha value is 0.137. The fourth-order valence-electron chi connectivity index (χ4n) is 2.60. The minimum Gasteiger partial charge on any atom is -0.416 e. The summed E-state index contributed by atoms with van der Waals surface area (Å²) >= 11 is 0. The lowest BCUT2D eigenvalue weighted by Crippen LogP contribution is -2.03. The summed E-state index contributed by atoms with van der Waals surface area (Å²) in [5.41, 5.74) is 0. The summed E-state index contributed by atoms with van der Waals surface area (Å²) in [6, 6.07) is 0. The number of ether oxygens (including phenoxy) is 1. The van der Waals surface area contributed by atoms with E-state index in [-0.39, 0.29) is 0 Å². The van der Waals surface area contributed by atoms with Crippen molar-refractivity contribution in [1.29, 1.82) is 0 Å². The first-order valence-corrected chi connectivity index (χ1v) is 9.69. The standard InChI is InChI=1S/C18H37O2Si/c1-2-3-4-5-6-7-8-9-10-11-12-13-14-15-16-19-17-18-20-21/h2-18H2,1H3. The fraction of sp³-hybridized carbons (Fsp3) is 1.00. The molecule has 0 rings (SSSR count). The molecule has 0 amide bonds. The van der Waals surface area contributed by atoms with E-state index in [0.29, 0.717) is 13.2 Å². The summed E-state index contributed by atoms with van der Waals surface area (Å²) in [4.78, 5) is 0. The summed E-state index contributed by atoms with van der Waals surface area (Å²) in [7, 11) is 2.96. The van der Waals surface area contributed by atoms with E-state index in [9.17, 15) is 0 Å². The Morgan fingerprint density at radius 3 is 1.38 bits per heavy atom. The average Bonchev–Trinajstić information content (AvgIpc) is 2.50. The van der Waals surface area contributed by atoms with E-state index in [1.54, 1.807) is 0 Å². The van der Waals surface area contributed by atoms with E-state index in [1.165, 1.54) is 89.9 Å². The van der Waals surface area contributed by atoms with E-state index in [2.05, 4.69) is 17.4 Å². The van der Waals surface area contributed by atoms with Crippen molar-refractivity contribution in [3.63, 3.8) is 0 Å². The number of rotatable bonds is 18. The first-order valence-electron chi connectivity index (χ1n) is 9.28. The third kappa shape index (κ3) is 20.1. The number of unbranched alkanes of at least 4 members (excludes halogenated alkanes) is 13. The Morgan fingerprint density at radius 2 is 0.952 bits per heavy atom. The van der Waals surface area contributed by atoms with E-state index in [0.717, 1.165) is 6.61 Å². The van der Waals surface area contributed by atoms with Gasteiger partial charge in [-0.2, -0.15) is 0 Å². The van der Waals surface area contributed by atoms with Crippen LogP contribution in [0, 0.1) is 0 Å². The van der Waals surface area contributed by atoms with Crippen LogP contribution in [0.5, 0.6) is 0 Å². The van der Waals surface area contributed by atoms with Gasteiger partial charge < -0.3 is 9.16 Å². The second-order valence-corrected chi connectivity index (χ2v) is 6.35. The lowest BCUT2D eigenvalue weighted by atomic mass is 10.0. The number of hydrogen-bond acceptors (Lipinski definition) is 2. The highest BCUT2D eigenvalue weighted by Crippen LogP contribution is 2.12. The molecule has 0 saturated carbocycles. The van der Waals surface area contributed by atoms with E-state index in [4.69, 9.17) is 9.16 Å². The monoisotopic (exact) mass is 313 g/mol. The van der Waals surface area contributed by atoms with Crippen LogP contribution in [0.25, 0.3) is 0 Å². The summed E-state index contributed by atoms with van der Waals surface area (Å²) in [5.74, 6) is 0. The van der Waals surface area contributed by atoms with Gasteiger partial charge in [0.25, 0.3) is 0 Å². The van der Waals surface area contributed by atoms with Gasteiger partial charge in [0.2, 0.25) is 10.5 Å². The molecule has 0 aromatic carbocycles. The molecule has 2 nitrogen and oxygen atoms in total. The molecule has 0 aliphatic carbocycles. The minimum absolute atomic E-state index is 0.634. The van der Waals surface area contributed by atoms with Crippen molar-refractivity contribution in [3.8, 4) is 0 Å². The van der Waals surface area contributed by atoms with Crippen LogP contribution >= 0.6 is 0 Å². The summed E-state index contributed by atoms with van der Waals surface area (Å²) in [5, 5.41) is 0. The zero-order chi connectivity index (χ0) is 15.4. The lowest BCUT2D eigenvalue weighted by molar-refractivity contribution is 0.100. The third-order valence-electron chi connectivity index (χ3n) is 3.97. The van der Waals surface area contributed by atoms with Gasteiger partial charge >= 0.3 is 0 Å². The molecule has 3 heteroatoms. The summed E-state index contributed by atoms with van der Waals surface area (Å²) in [6.07, 6.45) is 19.6. The van der Waals surface area contributed by atoms with Gasteiger partial charge in [0.15, 0.2) is 0 Å². The number of hydrogen-bond donors (Lipinski definition) is 0. The molecule has 0 fully saturated rings. The predicted molar refractivity (Wildman–Crippen MR) is 92.8 cm³/mol. The second-order valence-electron chi connectivity index (χ2n) is 6.06. The first-order chi connectivity index (χ1) is 10.4. The quantitative estimate of drug-likeness (QED) is 0.243. The van der Waals surface area contributed by atoms with Gasteiger partial charge in [-0.25, -0.2) is 0 Å². The van der Waals surface area contributed by atoms with Crippen molar-refractivity contribution in [2.45, 2.75) is 96.8 Å². The van der Waals surface area contributed by atoms with Crippen LogP contribution in [0.3, 0.4) is 0 Å². The zero-order valence-corrected chi connectivity index (χ0v) is 15.3. The highest BCUT2D eigenvalue weighted by molar-refractivity contribution is 5.97. The average molecular weight is 314 g/mol. The highest BCUT2D eigenvalue weighted by Gasteiger charge is 1.94. The summed E-state index contributed by atoms with van der Waals surface area (Å²) < 4.78 is 10.2. The van der Waals surface area contributed by atoms with Crippen LogP contribution in [0.4, 0.5) is 0 Å². The normalized spacial score (nSPS) is 11.1. The lowest BCUT2D eigenvalue weighted by Gasteiger charge is -2.04. The molecule has 3 radical (unpaired) electrons. The molecular weight excluding hydrogens is 276 g/mol. The van der Waals surface area contributed by atoms with Crippen LogP contribution in [-0.2, 0) is 9.16 Å². The smallest absolute Gasteiger partial charge is 0.246 e. The molecule has 0 heterocycles. The molecule has 125 valence electrons. The molecule has 0 bridgehead atoms. The van der Waals surface area contributed by atoms with Crippen molar-refractivity contribution in [2.24, 2.45) is 0 Å². The molecule has 0 N–H and O–H groups in total. The SMILES string of the molecule is CCCCCCCCCCCCCCCCOCCO[Si]. The molecule has 0 atom stereocenters. The van der Waals surface area contributed by atoms with Crippen molar-refractivity contribution < 1.29 is 9.16 Å². The van der Waals surface area contributed by atoms with Gasteiger partial charge in [-0.1, -0.05) is 90.4 Å². The van der Waals surface area contributed by atoms with E-state index in [1.807, 2.05) is 0 Å². The molecule has 0 aromatic rings. The van der Waals surface area contributed by atoms with E-state index < -0.39 is 0 Å². The largest absolute Gasteiger partial charge is 0.416 e. The van der Waals surface area contributed by atoms with Gasteiger partial charge in [0.1, 0.15) is 0 Å². The van der Waals surface area contributed by atoms with Crippen LogP contribution in [0.2, 0.25) is 0 Å². The van der Waals surface area contributed by atoms with Crippen LogP contribution < -0.4 is 0 Å². The van der Waals surface area contributed by atoms with Crippen molar-refractivity contribution >= 4 is 10.5 Å². The summed E-state index contributed by atoms with van der Waals surface area (Å²) in [6.45, 7) is 4.50. The van der Waals surface area contributed by atoms with Crippen LogP contribution in [-0.4, -0.2) is 30.3 Å². The topological polar surface area (TPSA) is 18.5 Å². The van der Waals surface area contributed by atoms with E-state index >= 15 is 0 Å². The Balaban J connectivity index is 2.90. The van der Waals surface area contributed by atoms with Gasteiger partial charge in [0, 0.05) is 6.61 Å². The Labute approximate surface area is 136 Å². The van der Waals surface area contributed by atoms with Crippen molar-refractivity contribution in [1.82, 2.24) is 0 Å². The molecule has 0 aromatic heterocycles. The second kappa shape index (κ2) is 20.1. The molecule has 0 saturated heterocycles. The van der Waals surface area contributed by atoms with Gasteiger partial charge in [0.05, 0.1) is 13.2 Å². The third-order valence-corrected chi connectivity index (χ3v) is 4.18. The Kier molecular flexibility index (Phi) is 20.3. The molecule has 0 unspecified atom stereocenters. The molecular formula is C18H37O2Si. The maximum Gasteiger partial charge on any atom is 0.246 e. The fourth-order valence-corrected chi connectivity index (χ4v) is 2.68. The van der Waals surface area contributed by atoms with Crippen LogP contribution in [0.1, 0.15) is 96.8 Å². The predicted octanol–water partition coefficient (Wildman–Crippen LogP) is 5.58. The first kappa shape index (κ1) is 21.1. The Morgan fingerprint density at radius 1 is 0.524 bits per heavy atom. The zero-order valence-electron chi connectivity index (χ0n) is 14.3. The van der Waals surface area contributed by atoms with Crippen molar-refractivity contribution in [3.05, 3.63) is 0 Å². The van der Waals surface area contributed by atoms with Gasteiger partial charge in [-0.05, 0) is 6.42 Å². The maximum atomic E-state index is 5.42. The van der Waals surface area contributed by atoms with Crippen molar-refractivity contribution in [2.75, 3.05) is 19.8 Å². The molecule has 0 aliphatic rings.